The maximum atomic E-state index is 3.00. The summed E-state index contributed by atoms with van der Waals surface area (Å²) in [7, 11) is -3.69. The lowest BCUT2D eigenvalue weighted by atomic mass is 11.8. The van der Waals surface area contributed by atoms with Gasteiger partial charge in [0, 0.05) is 0 Å². The minimum atomic E-state index is -1.21. The predicted octanol–water partition coefficient (Wildman–Crippen LogP) is 3.09. The van der Waals surface area contributed by atoms with Crippen molar-refractivity contribution >= 4 is 34.0 Å². The molecule has 1 saturated heterocycles. The first-order valence-electron chi connectivity index (χ1n) is 5.84. The fourth-order valence-electron chi connectivity index (χ4n) is 3.56. The fourth-order valence-corrected chi connectivity index (χ4v) is 34.7. The molecule has 2 nitrogen and oxygen atoms in total. The molecule has 1 heterocycles. The van der Waals surface area contributed by atoms with Gasteiger partial charge in [-0.3, -0.25) is 0 Å². The summed E-state index contributed by atoms with van der Waals surface area (Å²) in [5.74, 6) is 0. The summed E-state index contributed by atoms with van der Waals surface area (Å²) in [6.07, 6.45) is 0. The Labute approximate surface area is 101 Å². The molecule has 0 aromatic carbocycles. The molecule has 89 valence electrons. The van der Waals surface area contributed by atoms with E-state index in [9.17, 15) is 0 Å². The highest BCUT2D eigenvalue weighted by molar-refractivity contribution is 7.14. The molecule has 1 aliphatic heterocycles. The van der Waals surface area contributed by atoms with Gasteiger partial charge in [-0.05, 0) is 19.6 Å². The van der Waals surface area contributed by atoms with Gasteiger partial charge in [0.15, 0.2) is 17.5 Å². The van der Waals surface area contributed by atoms with E-state index in [4.69, 9.17) is 0 Å². The molecule has 0 N–H and O–H groups in total. The molecule has 0 aliphatic carbocycles. The number of hydrogen-bond acceptors (Lipinski definition) is 2. The Hall–Kier alpha value is 0.788. The zero-order valence-electron chi connectivity index (χ0n) is 11.9. The van der Waals surface area contributed by atoms with Crippen LogP contribution in [0.1, 0.15) is 0 Å². The summed E-state index contributed by atoms with van der Waals surface area (Å²) in [4.78, 5) is 0. The first kappa shape index (κ1) is 13.9. The van der Waals surface area contributed by atoms with Crippen molar-refractivity contribution in [2.45, 2.75) is 58.9 Å². The van der Waals surface area contributed by atoms with Crippen LogP contribution >= 0.6 is 0 Å². The summed E-state index contributed by atoms with van der Waals surface area (Å²) in [5.41, 5.74) is 0. The first-order chi connectivity index (χ1) is 6.40. The van der Waals surface area contributed by atoms with Gasteiger partial charge in [-0.15, -0.1) is 0 Å². The van der Waals surface area contributed by atoms with E-state index in [2.05, 4.69) is 66.7 Å². The van der Waals surface area contributed by atoms with Crippen LogP contribution < -0.4 is 0 Å². The van der Waals surface area contributed by atoms with Crippen molar-refractivity contribution in [3.05, 3.63) is 0 Å². The second-order valence-electron chi connectivity index (χ2n) is 7.05. The van der Waals surface area contributed by atoms with Gasteiger partial charge in [-0.2, -0.15) is 0 Å². The molecule has 1 aliphatic rings. The van der Waals surface area contributed by atoms with Gasteiger partial charge < -0.3 is 7.79 Å². The van der Waals surface area contributed by atoms with E-state index in [0.29, 0.717) is 0 Å². The lowest BCUT2D eigenvalue weighted by molar-refractivity contribution is 0.649. The summed E-state index contributed by atoms with van der Waals surface area (Å²) in [6, 6.07) is 0. The minimum Gasteiger partial charge on any atom is -0.346 e. The van der Waals surface area contributed by atoms with E-state index < -0.39 is 24.9 Å². The minimum absolute atomic E-state index is 0.340. The van der Waals surface area contributed by atoms with Crippen LogP contribution in [-0.4, -0.2) is 41.8 Å². The molecule has 0 unspecified atom stereocenters. The molecule has 0 amide bonds. The van der Waals surface area contributed by atoms with Crippen LogP contribution in [0.4, 0.5) is 0 Å². The maximum absolute atomic E-state index is 3.00. The van der Waals surface area contributed by atoms with E-state index in [1.807, 2.05) is 0 Å². The predicted molar refractivity (Wildman–Crippen MR) is 79.5 cm³/mol. The van der Waals surface area contributed by atoms with Gasteiger partial charge in [0.25, 0.3) is 0 Å². The van der Waals surface area contributed by atoms with Crippen molar-refractivity contribution in [2.75, 3.05) is 0 Å². The molecule has 0 spiro atoms. The quantitative estimate of drug-likeness (QED) is 0.715. The van der Waals surface area contributed by atoms with Gasteiger partial charge in [-0.1, -0.05) is 39.3 Å². The largest absolute Gasteiger partial charge is 0.346 e. The van der Waals surface area contributed by atoms with Crippen LogP contribution in [0, 0.1) is 0 Å². The van der Waals surface area contributed by atoms with E-state index >= 15 is 0 Å². The molecule has 0 aromatic rings. The third-order valence-corrected chi connectivity index (χ3v) is 27.7. The van der Waals surface area contributed by atoms with Crippen molar-refractivity contribution in [1.29, 1.82) is 0 Å². The number of nitrogens with zero attached hydrogens (tertiary/aromatic N) is 2. The molecule has 15 heavy (non-hydrogen) atoms. The van der Waals surface area contributed by atoms with Crippen molar-refractivity contribution < 1.29 is 0 Å². The van der Waals surface area contributed by atoms with Crippen LogP contribution in [0.5, 0.6) is 0 Å². The Morgan fingerprint density at radius 1 is 0.800 bits per heavy atom. The van der Waals surface area contributed by atoms with Crippen molar-refractivity contribution in [3.8, 4) is 0 Å². The Morgan fingerprint density at radius 2 is 1.07 bits per heavy atom. The molecular weight excluding hydrogens is 248 g/mol. The topological polar surface area (TPSA) is 6.48 Å². The molecule has 0 saturated carbocycles. The van der Waals surface area contributed by atoms with Crippen molar-refractivity contribution in [2.24, 2.45) is 0 Å². The van der Waals surface area contributed by atoms with Gasteiger partial charge in [-0.25, -0.2) is 0 Å². The Morgan fingerprint density at radius 3 is 1.20 bits per heavy atom. The smallest absolute Gasteiger partial charge is 0.199 e. The maximum Gasteiger partial charge on any atom is 0.199 e. The van der Waals surface area contributed by atoms with Gasteiger partial charge >= 0.3 is 0 Å². The molecular formula is C9H27N2Si4. The van der Waals surface area contributed by atoms with Crippen LogP contribution in [0.2, 0.25) is 58.9 Å². The van der Waals surface area contributed by atoms with E-state index in [1.54, 1.807) is 0 Å². The fraction of sp³-hybridized carbons (Fsp3) is 1.00. The molecule has 0 aromatic heterocycles. The Kier molecular flexibility index (Phi) is 3.36. The van der Waals surface area contributed by atoms with E-state index in [1.165, 1.54) is 0 Å². The summed E-state index contributed by atoms with van der Waals surface area (Å²) < 4.78 is 6.01. The third-order valence-electron chi connectivity index (χ3n) is 3.08. The normalized spacial score (nSPS) is 25.4. The van der Waals surface area contributed by atoms with Crippen molar-refractivity contribution in [1.82, 2.24) is 7.79 Å². The summed E-state index contributed by atoms with van der Waals surface area (Å²) >= 11 is 0. The van der Waals surface area contributed by atoms with Gasteiger partial charge in [0.05, 0.1) is 0 Å². The molecule has 1 fully saturated rings. The molecule has 0 bridgehead atoms. The zero-order valence-corrected chi connectivity index (χ0v) is 15.9. The highest BCUT2D eigenvalue weighted by Crippen LogP contribution is 2.38. The van der Waals surface area contributed by atoms with E-state index in [-0.39, 0.29) is 9.12 Å². The highest BCUT2D eigenvalue weighted by Gasteiger charge is 2.60. The average molecular weight is 276 g/mol. The lowest BCUT2D eigenvalue weighted by Gasteiger charge is -2.69. The monoisotopic (exact) mass is 275 g/mol. The molecule has 1 rings (SSSR count). The van der Waals surface area contributed by atoms with Crippen LogP contribution in [-0.2, 0) is 0 Å². The molecule has 1 radical (unpaired) electrons. The summed E-state index contributed by atoms with van der Waals surface area (Å²) in [5, 5.41) is 0. The third kappa shape index (κ3) is 2.25. The lowest BCUT2D eigenvalue weighted by Crippen LogP contribution is -2.91. The SMILES string of the molecule is C[Si]1N([Si](C)(C)C)[Si](C)(C)N1[Si](C)(C)C. The van der Waals surface area contributed by atoms with E-state index in [0.717, 1.165) is 0 Å². The van der Waals surface area contributed by atoms with Crippen LogP contribution in [0.25, 0.3) is 0 Å². The Balaban J connectivity index is 2.96. The second kappa shape index (κ2) is 3.64. The zero-order chi connectivity index (χ0) is 12.2. The van der Waals surface area contributed by atoms with Crippen LogP contribution in [0.15, 0.2) is 0 Å². The average Bonchev–Trinajstić information content (AvgIpc) is 1.74. The number of hydrogen-bond donors (Lipinski definition) is 0. The Bertz CT molecular complexity index is 230. The summed E-state index contributed by atoms with van der Waals surface area (Å²) in [6.45, 7) is 22.7. The van der Waals surface area contributed by atoms with Crippen LogP contribution in [0.3, 0.4) is 0 Å². The van der Waals surface area contributed by atoms with Gasteiger partial charge in [0.1, 0.15) is 16.5 Å². The highest BCUT2D eigenvalue weighted by atomic mass is 28.5. The van der Waals surface area contributed by atoms with Gasteiger partial charge in [0.2, 0.25) is 0 Å². The van der Waals surface area contributed by atoms with Crippen molar-refractivity contribution in [3.63, 3.8) is 0 Å². The molecule has 0 atom stereocenters. The second-order valence-corrected chi connectivity index (χ2v) is 25.2. The first-order valence-corrected chi connectivity index (χ1v) is 17.5. The standard InChI is InChI=1S/C9H27N2Si4/c1-12-10(13(2,3)4)15(8,9)11(12)14(5,6)7/h1-9H3. The number of rotatable bonds is 2. The molecule has 6 heteroatoms.